The molecule has 2 aromatic heterocycles. The van der Waals surface area contributed by atoms with Gasteiger partial charge in [-0.15, -0.1) is 0 Å². The van der Waals surface area contributed by atoms with Gasteiger partial charge in [0.05, 0.1) is 12.2 Å². The minimum Gasteiger partial charge on any atom is -0.444 e. The molecule has 0 N–H and O–H groups in total. The van der Waals surface area contributed by atoms with Crippen LogP contribution < -0.4 is 9.80 Å². The molecule has 0 atom stereocenters. The van der Waals surface area contributed by atoms with Gasteiger partial charge in [-0.05, 0) is 38.5 Å². The van der Waals surface area contributed by atoms with Crippen LogP contribution in [0.1, 0.15) is 49.4 Å². The maximum absolute atomic E-state index is 5.97. The van der Waals surface area contributed by atoms with Gasteiger partial charge < -0.3 is 14.2 Å². The number of nitrogens with zero attached hydrogens (tertiary/aromatic N) is 6. The van der Waals surface area contributed by atoms with Crippen molar-refractivity contribution in [3.63, 3.8) is 0 Å². The molecule has 1 saturated heterocycles. The standard InChI is InChI=1S/C21H30N6O/c1-25(2)19-12-20(23-14-22-19)27(15-6-7-15)16-8-10-26(11-9-16)13-21-24-17-4-3-5-18(17)28-21/h12,14-16H,3-11,13H2,1-2H3. The zero-order valence-corrected chi connectivity index (χ0v) is 17.0. The van der Waals surface area contributed by atoms with E-state index in [0.29, 0.717) is 12.1 Å². The van der Waals surface area contributed by atoms with E-state index in [9.17, 15) is 0 Å². The van der Waals surface area contributed by atoms with Gasteiger partial charge in [-0.3, -0.25) is 4.90 Å². The largest absolute Gasteiger partial charge is 0.444 e. The van der Waals surface area contributed by atoms with Crippen LogP contribution in [0.15, 0.2) is 16.8 Å². The van der Waals surface area contributed by atoms with Crippen LogP contribution in [0.25, 0.3) is 0 Å². The van der Waals surface area contributed by atoms with Gasteiger partial charge in [0.2, 0.25) is 5.89 Å². The van der Waals surface area contributed by atoms with Crippen molar-refractivity contribution in [3.05, 3.63) is 29.7 Å². The summed E-state index contributed by atoms with van der Waals surface area (Å²) in [5.41, 5.74) is 1.20. The lowest BCUT2D eigenvalue weighted by Crippen LogP contribution is -2.46. The number of aromatic nitrogens is 3. The number of likely N-dealkylation sites (tertiary alicyclic amines) is 1. The van der Waals surface area contributed by atoms with Gasteiger partial charge in [0.1, 0.15) is 23.7 Å². The minimum absolute atomic E-state index is 0.559. The molecule has 0 aromatic carbocycles. The molecule has 2 fully saturated rings. The second-order valence-corrected chi connectivity index (χ2v) is 8.61. The molecule has 3 aliphatic rings. The highest BCUT2D eigenvalue weighted by atomic mass is 16.4. The molecule has 1 saturated carbocycles. The van der Waals surface area contributed by atoms with E-state index in [4.69, 9.17) is 9.40 Å². The number of rotatable bonds is 6. The summed E-state index contributed by atoms with van der Waals surface area (Å²) < 4.78 is 5.97. The summed E-state index contributed by atoms with van der Waals surface area (Å²) in [6.45, 7) is 3.03. The maximum Gasteiger partial charge on any atom is 0.208 e. The summed E-state index contributed by atoms with van der Waals surface area (Å²) in [5.74, 6) is 4.10. The van der Waals surface area contributed by atoms with E-state index in [2.05, 4.69) is 25.8 Å². The average molecular weight is 383 g/mol. The van der Waals surface area contributed by atoms with Crippen LogP contribution >= 0.6 is 0 Å². The van der Waals surface area contributed by atoms with Crippen LogP contribution in [-0.2, 0) is 19.4 Å². The molecular weight excluding hydrogens is 352 g/mol. The summed E-state index contributed by atoms with van der Waals surface area (Å²) >= 11 is 0. The Labute approximate surface area is 166 Å². The van der Waals surface area contributed by atoms with Crippen molar-refractivity contribution in [1.29, 1.82) is 0 Å². The van der Waals surface area contributed by atoms with Gasteiger partial charge in [-0.25, -0.2) is 15.0 Å². The predicted octanol–water partition coefficient (Wildman–Crippen LogP) is 2.65. The van der Waals surface area contributed by atoms with Crippen molar-refractivity contribution in [2.45, 2.75) is 63.6 Å². The third-order valence-electron chi connectivity index (χ3n) is 6.25. The molecule has 0 bridgehead atoms. The number of fused-ring (bicyclic) bond motifs is 1. The molecule has 3 heterocycles. The second kappa shape index (κ2) is 7.35. The Morgan fingerprint density at radius 2 is 1.79 bits per heavy atom. The molecule has 5 rings (SSSR count). The SMILES string of the molecule is CN(C)c1cc(N(C2CC2)C2CCN(Cc3nc4c(o3)CCC4)CC2)ncn1. The fourth-order valence-electron chi connectivity index (χ4n) is 4.61. The molecule has 0 amide bonds. The van der Waals surface area contributed by atoms with Gasteiger partial charge in [0.25, 0.3) is 0 Å². The molecule has 0 spiro atoms. The van der Waals surface area contributed by atoms with Crippen molar-refractivity contribution in [1.82, 2.24) is 19.9 Å². The van der Waals surface area contributed by atoms with Gasteiger partial charge in [-0.2, -0.15) is 0 Å². The fraction of sp³-hybridized carbons (Fsp3) is 0.667. The molecule has 28 heavy (non-hydrogen) atoms. The highest BCUT2D eigenvalue weighted by molar-refractivity contribution is 5.51. The molecule has 0 radical (unpaired) electrons. The first-order valence-corrected chi connectivity index (χ1v) is 10.6. The molecule has 0 unspecified atom stereocenters. The summed E-state index contributed by atoms with van der Waals surface area (Å²) in [7, 11) is 4.06. The molecule has 2 aliphatic carbocycles. The topological polar surface area (TPSA) is 61.5 Å². The Hall–Kier alpha value is -2.15. The van der Waals surface area contributed by atoms with E-state index in [0.717, 1.165) is 68.6 Å². The van der Waals surface area contributed by atoms with Crippen molar-refractivity contribution >= 4 is 11.6 Å². The van der Waals surface area contributed by atoms with Crippen LogP contribution in [-0.4, -0.2) is 59.1 Å². The van der Waals surface area contributed by atoms with Gasteiger partial charge >= 0.3 is 0 Å². The molecule has 2 aromatic rings. The minimum atomic E-state index is 0.559. The Bertz CT molecular complexity index is 801. The quantitative estimate of drug-likeness (QED) is 0.761. The van der Waals surface area contributed by atoms with Crippen LogP contribution in [0.4, 0.5) is 11.6 Å². The summed E-state index contributed by atoms with van der Waals surface area (Å²) in [6, 6.07) is 3.35. The highest BCUT2D eigenvalue weighted by Crippen LogP contribution is 2.36. The van der Waals surface area contributed by atoms with Crippen LogP contribution in [0.5, 0.6) is 0 Å². The lowest BCUT2D eigenvalue weighted by molar-refractivity contribution is 0.183. The number of hydrogen-bond acceptors (Lipinski definition) is 7. The Morgan fingerprint density at radius 3 is 2.50 bits per heavy atom. The first kappa shape index (κ1) is 17.9. The Morgan fingerprint density at radius 1 is 1.04 bits per heavy atom. The number of anilines is 2. The number of aryl methyl sites for hydroxylation is 2. The Kier molecular flexibility index (Phi) is 4.70. The number of hydrogen-bond donors (Lipinski definition) is 0. The zero-order valence-electron chi connectivity index (χ0n) is 17.0. The Balaban J connectivity index is 1.23. The van der Waals surface area contributed by atoms with Crippen LogP contribution in [0, 0.1) is 0 Å². The van der Waals surface area contributed by atoms with E-state index in [1.807, 2.05) is 19.0 Å². The van der Waals surface area contributed by atoms with E-state index in [1.165, 1.54) is 25.0 Å². The zero-order chi connectivity index (χ0) is 19.1. The molecular formula is C21H30N6O. The van der Waals surface area contributed by atoms with E-state index < -0.39 is 0 Å². The van der Waals surface area contributed by atoms with Crippen LogP contribution in [0.3, 0.4) is 0 Å². The highest BCUT2D eigenvalue weighted by Gasteiger charge is 2.37. The summed E-state index contributed by atoms with van der Waals surface area (Å²) in [6.07, 6.45) is 9.95. The molecule has 1 aliphatic heterocycles. The third kappa shape index (κ3) is 3.60. The number of piperidine rings is 1. The second-order valence-electron chi connectivity index (χ2n) is 8.61. The maximum atomic E-state index is 5.97. The molecule has 7 heteroatoms. The van der Waals surface area contributed by atoms with Crippen molar-refractivity contribution in [2.24, 2.45) is 0 Å². The predicted molar refractivity (Wildman–Crippen MR) is 109 cm³/mol. The van der Waals surface area contributed by atoms with Crippen molar-refractivity contribution in [2.75, 3.05) is 37.0 Å². The lowest BCUT2D eigenvalue weighted by Gasteiger charge is -2.39. The van der Waals surface area contributed by atoms with Gasteiger partial charge in [-0.1, -0.05) is 0 Å². The van der Waals surface area contributed by atoms with Crippen molar-refractivity contribution < 1.29 is 4.42 Å². The first-order chi connectivity index (χ1) is 13.7. The first-order valence-electron chi connectivity index (χ1n) is 10.6. The molecule has 7 nitrogen and oxygen atoms in total. The summed E-state index contributed by atoms with van der Waals surface area (Å²) in [5, 5.41) is 0. The fourth-order valence-corrected chi connectivity index (χ4v) is 4.61. The monoisotopic (exact) mass is 382 g/mol. The normalized spacial score (nSPS) is 20.4. The van der Waals surface area contributed by atoms with E-state index >= 15 is 0 Å². The van der Waals surface area contributed by atoms with Gasteiger partial charge in [0, 0.05) is 51.8 Å². The van der Waals surface area contributed by atoms with Gasteiger partial charge in [0.15, 0.2) is 0 Å². The van der Waals surface area contributed by atoms with E-state index in [-0.39, 0.29) is 0 Å². The van der Waals surface area contributed by atoms with Crippen molar-refractivity contribution in [3.8, 4) is 0 Å². The third-order valence-corrected chi connectivity index (χ3v) is 6.25. The average Bonchev–Trinajstić information content (AvgIpc) is 3.31. The molecule has 150 valence electrons. The summed E-state index contributed by atoms with van der Waals surface area (Å²) in [4.78, 5) is 20.8. The number of oxazole rings is 1. The van der Waals surface area contributed by atoms with Crippen LogP contribution in [0.2, 0.25) is 0 Å². The van der Waals surface area contributed by atoms with E-state index in [1.54, 1.807) is 6.33 Å². The smallest absolute Gasteiger partial charge is 0.208 e. The lowest BCUT2D eigenvalue weighted by atomic mass is 10.0.